The van der Waals surface area contributed by atoms with Crippen molar-refractivity contribution in [3.63, 3.8) is 0 Å². The average molecular weight is 834 g/mol. The maximum absolute atomic E-state index is 14.2. The van der Waals surface area contributed by atoms with Crippen LogP contribution in [0.5, 0.6) is 0 Å². The molecule has 3 aliphatic rings. The normalized spacial score (nSPS) is 22.2. The molecule has 17 heteroatoms. The Morgan fingerprint density at radius 1 is 0.768 bits per heavy atom. The van der Waals surface area contributed by atoms with Gasteiger partial charge in [0.1, 0.15) is 34.7 Å². The Balaban J connectivity index is 1.08. The molecule has 2 fully saturated rings. The molecule has 6 heterocycles. The summed E-state index contributed by atoms with van der Waals surface area (Å²) in [4.78, 5) is 63.0. The zero-order valence-electron chi connectivity index (χ0n) is 28.5. The van der Waals surface area contributed by atoms with Crippen LogP contribution in [0.2, 0.25) is 0 Å². The summed E-state index contributed by atoms with van der Waals surface area (Å²) in [5, 5.41) is 0.772. The van der Waals surface area contributed by atoms with Crippen molar-refractivity contribution in [3.05, 3.63) is 82.9 Å². The van der Waals surface area contributed by atoms with E-state index in [1.165, 1.54) is 49.9 Å². The van der Waals surface area contributed by atoms with Crippen molar-refractivity contribution in [1.82, 2.24) is 4.57 Å². The Kier molecular flexibility index (Phi) is 8.45. The number of benzene rings is 2. The number of halogens is 4. The summed E-state index contributed by atoms with van der Waals surface area (Å²) in [6.45, 7) is -0.275. The fourth-order valence-corrected chi connectivity index (χ4v) is 12.7. The Morgan fingerprint density at radius 2 is 1.36 bits per heavy atom. The van der Waals surface area contributed by atoms with Gasteiger partial charge in [0, 0.05) is 17.4 Å². The van der Waals surface area contributed by atoms with Gasteiger partial charge in [0.05, 0.1) is 52.4 Å². The number of aliphatic imine (C=N–C) groups is 2. The molecule has 0 bridgehead atoms. The van der Waals surface area contributed by atoms with Crippen molar-refractivity contribution < 1.29 is 46.2 Å². The highest BCUT2D eigenvalue weighted by Gasteiger charge is 2.52. The number of hydrogen-bond donors (Lipinski definition) is 0. The lowest BCUT2D eigenvalue weighted by Gasteiger charge is -2.27. The molecule has 0 N–H and O–H groups in total. The third-order valence-corrected chi connectivity index (χ3v) is 15.0. The highest BCUT2D eigenvalue weighted by molar-refractivity contribution is 7.39. The van der Waals surface area contributed by atoms with Crippen molar-refractivity contribution in [3.8, 4) is 0 Å². The number of rotatable bonds is 4. The van der Waals surface area contributed by atoms with Crippen LogP contribution in [0.1, 0.15) is 34.3 Å². The minimum Gasteiger partial charge on any atom is -0.444 e. The van der Waals surface area contributed by atoms with E-state index in [2.05, 4.69) is 9.98 Å². The molecule has 0 radical (unpaired) electrons. The smallest absolute Gasteiger partial charge is 0.419 e. The fraction of sp³-hybridized carbons (Fsp3) is 0.231. The van der Waals surface area contributed by atoms with Crippen molar-refractivity contribution in [1.29, 1.82) is 0 Å². The third-order valence-electron chi connectivity index (χ3n) is 10.3. The molecule has 7 aromatic rings. The molecule has 0 amide bonds. The maximum Gasteiger partial charge on any atom is 0.419 e. The van der Waals surface area contributed by atoms with Gasteiger partial charge in [0.2, 0.25) is 5.78 Å². The summed E-state index contributed by atoms with van der Waals surface area (Å²) in [6, 6.07) is 14.5. The highest BCUT2D eigenvalue weighted by Crippen LogP contribution is 2.53. The molecule has 2 saturated carbocycles. The second kappa shape index (κ2) is 13.3. The lowest BCUT2D eigenvalue weighted by atomic mass is 9.79. The monoisotopic (exact) mass is 833 g/mol. The quantitative estimate of drug-likeness (QED) is 0.163. The van der Waals surface area contributed by atoms with Crippen LogP contribution in [-0.2, 0) is 32.3 Å². The molecule has 4 atom stereocenters. The van der Waals surface area contributed by atoms with E-state index >= 15 is 0 Å². The van der Waals surface area contributed by atoms with Gasteiger partial charge >= 0.3 is 6.09 Å². The third kappa shape index (κ3) is 5.62. The van der Waals surface area contributed by atoms with Crippen molar-refractivity contribution in [2.24, 2.45) is 21.8 Å². The Labute approximate surface area is 328 Å². The van der Waals surface area contributed by atoms with E-state index < -0.39 is 59.3 Å². The van der Waals surface area contributed by atoms with Crippen LogP contribution in [0.3, 0.4) is 0 Å². The molecule has 282 valence electrons. The highest BCUT2D eigenvalue weighted by atomic mass is 32.1. The first-order valence-corrected chi connectivity index (χ1v) is 20.6. The average Bonchev–Trinajstić information content (AvgIpc) is 3.99. The van der Waals surface area contributed by atoms with E-state index in [1.807, 2.05) is 30.3 Å². The molecular formula is C39H23F4N3O6S4. The van der Waals surface area contributed by atoms with E-state index in [-0.39, 0.29) is 55.2 Å². The summed E-state index contributed by atoms with van der Waals surface area (Å²) in [6.07, 6.45) is -4.97. The van der Waals surface area contributed by atoms with Crippen LogP contribution in [0, 0.1) is 23.5 Å². The summed E-state index contributed by atoms with van der Waals surface area (Å²) in [7, 11) is 0. The van der Waals surface area contributed by atoms with Crippen LogP contribution in [-0.4, -0.2) is 58.4 Å². The fourth-order valence-electron chi connectivity index (χ4n) is 7.63. The number of ketones is 3. The van der Waals surface area contributed by atoms with Crippen LogP contribution in [0.15, 0.2) is 64.6 Å². The van der Waals surface area contributed by atoms with Gasteiger partial charge < -0.3 is 9.47 Å². The number of fused-ring (bicyclic) bond motifs is 9. The first-order valence-electron chi connectivity index (χ1n) is 17.3. The Bertz CT molecular complexity index is 2890. The predicted octanol–water partition coefficient (Wildman–Crippen LogP) is 10.2. The van der Waals surface area contributed by atoms with Gasteiger partial charge in [-0.1, -0.05) is 30.3 Å². The molecule has 10 rings (SSSR count). The molecule has 2 aromatic carbocycles. The number of carbonyl (C=O) groups is 4. The molecule has 0 spiro atoms. The first-order chi connectivity index (χ1) is 27.0. The van der Waals surface area contributed by atoms with Gasteiger partial charge in [0.25, 0.3) is 0 Å². The minimum atomic E-state index is -1.81. The second-order valence-corrected chi connectivity index (χ2v) is 17.9. The molecule has 4 unspecified atom stereocenters. The molecule has 5 aromatic heterocycles. The zero-order valence-corrected chi connectivity index (χ0v) is 31.7. The van der Waals surface area contributed by atoms with E-state index in [9.17, 15) is 36.7 Å². The van der Waals surface area contributed by atoms with Gasteiger partial charge in [-0.05, 0) is 48.2 Å². The van der Waals surface area contributed by atoms with Gasteiger partial charge in [0.15, 0.2) is 28.9 Å². The summed E-state index contributed by atoms with van der Waals surface area (Å²) < 4.78 is 73.9. The molecule has 1 aliphatic heterocycles. The lowest BCUT2D eigenvalue weighted by Crippen LogP contribution is -2.35. The number of aromatic nitrogens is 1. The number of ether oxygens (including phenoxy) is 2. The minimum absolute atomic E-state index is 0.00576. The number of alkyl halides is 2. The number of Topliss-reactive ketones (excluding diaryl/α,β-unsaturated/α-hetero) is 3. The Hall–Kier alpha value is -4.94. The summed E-state index contributed by atoms with van der Waals surface area (Å²) in [5.74, 6) is -5.83. The topological polar surface area (TPSA) is 116 Å². The summed E-state index contributed by atoms with van der Waals surface area (Å²) in [5.41, 5.74) is 1.81. The first kappa shape index (κ1) is 35.5. The van der Waals surface area contributed by atoms with Crippen LogP contribution in [0.4, 0.5) is 32.4 Å². The van der Waals surface area contributed by atoms with Gasteiger partial charge in [-0.3, -0.25) is 14.4 Å². The van der Waals surface area contributed by atoms with Crippen molar-refractivity contribution >= 4 is 129 Å². The number of carbonyl (C=O) groups excluding carboxylic acids is 4. The van der Waals surface area contributed by atoms with E-state index in [0.29, 0.717) is 30.4 Å². The zero-order chi connectivity index (χ0) is 38.6. The van der Waals surface area contributed by atoms with Crippen molar-refractivity contribution in [2.75, 3.05) is 6.61 Å². The molecule has 2 aliphatic carbocycles. The SMILES string of the molecule is O=C1C(=Nc2cc3sc4c5sc6cc(N=C7C(=O)C8CC(F)C(F)CC8C7=O)sc6c5n(C(=O)OCc5ccccc5)c4c3s2)COCc2cc(F)c(F)cc21. The van der Waals surface area contributed by atoms with Crippen LogP contribution in [0.25, 0.3) is 39.2 Å². The Morgan fingerprint density at radius 3 is 1.98 bits per heavy atom. The van der Waals surface area contributed by atoms with Gasteiger partial charge in [-0.25, -0.2) is 36.9 Å². The van der Waals surface area contributed by atoms with Crippen molar-refractivity contribution in [2.45, 2.75) is 38.4 Å². The lowest BCUT2D eigenvalue weighted by molar-refractivity contribution is -0.123. The second-order valence-electron chi connectivity index (χ2n) is 13.7. The number of nitrogens with zero attached hydrogens (tertiary/aromatic N) is 3. The standard InChI is InChI=1S/C39H23F4N3O6S4/c40-20-6-16-13-51-14-24(32(47)17(16)7-21(20)41)44-27-10-25-35(55-27)30-37(53-25)38-31(46(30)39(50)52-12-15-4-2-1-3-5-15)36-26(54-38)11-28(56-36)45-29-33(48)18-8-22(42)23(43)9-19(18)34(29)49/h1-7,10-11,18-19,22-23H,8-9,12-14H2. The number of thiophene rings is 4. The molecule has 0 saturated heterocycles. The summed E-state index contributed by atoms with van der Waals surface area (Å²) >= 11 is 5.26. The van der Waals surface area contributed by atoms with Crippen LogP contribution < -0.4 is 0 Å². The van der Waals surface area contributed by atoms with Crippen LogP contribution >= 0.6 is 45.3 Å². The maximum atomic E-state index is 14.2. The van der Waals surface area contributed by atoms with E-state index in [0.717, 1.165) is 36.5 Å². The largest absolute Gasteiger partial charge is 0.444 e. The van der Waals surface area contributed by atoms with E-state index in [4.69, 9.17) is 9.47 Å². The molecule has 9 nitrogen and oxygen atoms in total. The predicted molar refractivity (Wildman–Crippen MR) is 209 cm³/mol. The molecule has 56 heavy (non-hydrogen) atoms. The van der Waals surface area contributed by atoms with Gasteiger partial charge in [-0.2, -0.15) is 0 Å². The van der Waals surface area contributed by atoms with Gasteiger partial charge in [-0.15, -0.1) is 45.3 Å². The van der Waals surface area contributed by atoms with E-state index in [1.54, 1.807) is 12.1 Å². The number of hydrogen-bond acceptors (Lipinski definition) is 12. The molecular weight excluding hydrogens is 811 g/mol.